The summed E-state index contributed by atoms with van der Waals surface area (Å²) in [5, 5.41) is 11.2. The Bertz CT molecular complexity index is 958. The zero-order chi connectivity index (χ0) is 15.7. The highest BCUT2D eigenvalue weighted by atomic mass is 16.1. The zero-order valence-corrected chi connectivity index (χ0v) is 12.2. The molecule has 0 saturated heterocycles. The lowest BCUT2D eigenvalue weighted by atomic mass is 10.1. The summed E-state index contributed by atoms with van der Waals surface area (Å²) in [5.41, 5.74) is 8.26. The quantitative estimate of drug-likeness (QED) is 0.594. The number of amides is 1. The molecule has 0 aliphatic carbocycles. The van der Waals surface area contributed by atoms with Gasteiger partial charge in [-0.05, 0) is 36.8 Å². The summed E-state index contributed by atoms with van der Waals surface area (Å²) in [4.78, 5) is 11.2. The number of hydrogen-bond acceptors (Lipinski definition) is 2. The van der Waals surface area contributed by atoms with Crippen LogP contribution >= 0.6 is 0 Å². The van der Waals surface area contributed by atoms with Gasteiger partial charge in [-0.25, -0.2) is 0 Å². The van der Waals surface area contributed by atoms with Crippen LogP contribution in [0.15, 0.2) is 48.0 Å². The molecule has 0 fully saturated rings. The molecule has 22 heavy (non-hydrogen) atoms. The number of carbonyl (C=O) groups excluding carboxylic acids is 1. The van der Waals surface area contributed by atoms with Crippen LogP contribution in [0, 0.1) is 11.3 Å². The molecule has 0 spiro atoms. The Hall–Kier alpha value is -3.06. The van der Waals surface area contributed by atoms with Crippen molar-refractivity contribution in [3.8, 4) is 6.07 Å². The van der Waals surface area contributed by atoms with Crippen molar-refractivity contribution >= 4 is 33.8 Å². The van der Waals surface area contributed by atoms with Crippen molar-refractivity contribution in [1.29, 1.82) is 5.26 Å². The maximum Gasteiger partial charge on any atom is 0.259 e. The van der Waals surface area contributed by atoms with Crippen molar-refractivity contribution in [2.24, 2.45) is 5.73 Å². The van der Waals surface area contributed by atoms with E-state index in [2.05, 4.69) is 23.6 Å². The lowest BCUT2D eigenvalue weighted by molar-refractivity contribution is -0.114. The van der Waals surface area contributed by atoms with Gasteiger partial charge in [0.05, 0.1) is 0 Å². The second-order valence-electron chi connectivity index (χ2n) is 5.07. The number of aromatic nitrogens is 1. The highest BCUT2D eigenvalue weighted by molar-refractivity contribution is 6.09. The number of nitrogens with zero attached hydrogens (tertiary/aromatic N) is 2. The van der Waals surface area contributed by atoms with E-state index in [9.17, 15) is 4.79 Å². The first kappa shape index (κ1) is 13.9. The first-order valence-electron chi connectivity index (χ1n) is 7.08. The molecule has 0 atom stereocenters. The average Bonchev–Trinajstić information content (AvgIpc) is 2.85. The van der Waals surface area contributed by atoms with Gasteiger partial charge in [-0.2, -0.15) is 5.26 Å². The standard InChI is InChI=1S/C18H15N3O/c1-2-21-16-6-4-3-5-14(16)15-10-12(7-8-17(15)21)9-13(11-19)18(20)22/h3-10H,2H2,1H3,(H2,20,22)/b13-9-. The van der Waals surface area contributed by atoms with Gasteiger partial charge in [0.25, 0.3) is 5.91 Å². The van der Waals surface area contributed by atoms with E-state index in [1.807, 2.05) is 36.4 Å². The maximum atomic E-state index is 11.2. The van der Waals surface area contributed by atoms with E-state index in [1.165, 1.54) is 11.6 Å². The number of benzene rings is 2. The molecule has 0 aliphatic heterocycles. The number of para-hydroxylation sites is 1. The summed E-state index contributed by atoms with van der Waals surface area (Å²) in [6.45, 7) is 2.99. The first-order valence-corrected chi connectivity index (χ1v) is 7.08. The summed E-state index contributed by atoms with van der Waals surface area (Å²) in [6, 6.07) is 15.9. The first-order chi connectivity index (χ1) is 10.7. The molecule has 0 unspecified atom stereocenters. The van der Waals surface area contributed by atoms with E-state index in [-0.39, 0.29) is 5.57 Å². The van der Waals surface area contributed by atoms with Crippen molar-refractivity contribution in [3.63, 3.8) is 0 Å². The molecule has 1 amide bonds. The monoisotopic (exact) mass is 289 g/mol. The van der Waals surface area contributed by atoms with Crippen LogP contribution in [0.1, 0.15) is 12.5 Å². The van der Waals surface area contributed by atoms with E-state index < -0.39 is 5.91 Å². The molecular formula is C18H15N3O. The SMILES string of the molecule is CCn1c2ccccc2c2cc(/C=C(/C#N)C(N)=O)ccc21. The lowest BCUT2D eigenvalue weighted by Gasteiger charge is -2.02. The molecular weight excluding hydrogens is 274 g/mol. The van der Waals surface area contributed by atoms with Crippen molar-refractivity contribution in [2.45, 2.75) is 13.5 Å². The van der Waals surface area contributed by atoms with Gasteiger partial charge < -0.3 is 10.3 Å². The molecule has 0 radical (unpaired) electrons. The Labute approximate surface area is 128 Å². The molecule has 0 bridgehead atoms. The fourth-order valence-electron chi connectivity index (χ4n) is 2.83. The van der Waals surface area contributed by atoms with Crippen LogP contribution < -0.4 is 5.73 Å². The third kappa shape index (κ3) is 2.13. The Morgan fingerprint density at radius 3 is 2.64 bits per heavy atom. The molecule has 3 rings (SSSR count). The number of carbonyl (C=O) groups is 1. The van der Waals surface area contributed by atoms with Gasteiger partial charge in [0.1, 0.15) is 11.6 Å². The van der Waals surface area contributed by atoms with E-state index in [1.54, 1.807) is 0 Å². The van der Waals surface area contributed by atoms with E-state index in [4.69, 9.17) is 11.0 Å². The number of primary amides is 1. The Kier molecular flexibility index (Phi) is 3.40. The fraction of sp³-hybridized carbons (Fsp3) is 0.111. The van der Waals surface area contributed by atoms with Gasteiger partial charge in [-0.3, -0.25) is 4.79 Å². The van der Waals surface area contributed by atoms with E-state index >= 15 is 0 Å². The van der Waals surface area contributed by atoms with Crippen molar-refractivity contribution in [2.75, 3.05) is 0 Å². The van der Waals surface area contributed by atoms with Gasteiger partial charge in [0.2, 0.25) is 0 Å². The summed E-state index contributed by atoms with van der Waals surface area (Å²) < 4.78 is 2.25. The maximum absolute atomic E-state index is 11.2. The number of fused-ring (bicyclic) bond motifs is 3. The molecule has 0 saturated carbocycles. The normalized spacial score (nSPS) is 11.7. The highest BCUT2D eigenvalue weighted by Crippen LogP contribution is 2.30. The minimum Gasteiger partial charge on any atom is -0.365 e. The highest BCUT2D eigenvalue weighted by Gasteiger charge is 2.10. The van der Waals surface area contributed by atoms with Crippen LogP contribution in [-0.4, -0.2) is 10.5 Å². The van der Waals surface area contributed by atoms with Gasteiger partial charge in [-0.15, -0.1) is 0 Å². The smallest absolute Gasteiger partial charge is 0.259 e. The summed E-state index contributed by atoms with van der Waals surface area (Å²) in [5.74, 6) is -0.710. The topological polar surface area (TPSA) is 71.8 Å². The summed E-state index contributed by atoms with van der Waals surface area (Å²) in [7, 11) is 0. The molecule has 4 heteroatoms. The van der Waals surface area contributed by atoms with Crippen molar-refractivity contribution in [3.05, 3.63) is 53.6 Å². The van der Waals surface area contributed by atoms with Crippen molar-refractivity contribution in [1.82, 2.24) is 4.57 Å². The van der Waals surface area contributed by atoms with Gasteiger partial charge >= 0.3 is 0 Å². The average molecular weight is 289 g/mol. The number of rotatable bonds is 3. The molecule has 0 aliphatic rings. The lowest BCUT2D eigenvalue weighted by Crippen LogP contribution is -2.12. The third-order valence-corrected chi connectivity index (χ3v) is 3.81. The van der Waals surface area contributed by atoms with Gasteiger partial charge in [0.15, 0.2) is 0 Å². The number of aryl methyl sites for hydroxylation is 1. The predicted molar refractivity (Wildman–Crippen MR) is 87.9 cm³/mol. The van der Waals surface area contributed by atoms with Crippen molar-refractivity contribution < 1.29 is 4.79 Å². The molecule has 2 N–H and O–H groups in total. The molecule has 108 valence electrons. The minimum absolute atomic E-state index is 0.0430. The van der Waals surface area contributed by atoms with Crippen LogP contribution in [0.5, 0.6) is 0 Å². The second-order valence-corrected chi connectivity index (χ2v) is 5.07. The molecule has 1 heterocycles. The zero-order valence-electron chi connectivity index (χ0n) is 12.2. The second kappa shape index (κ2) is 5.38. The molecule has 1 aromatic heterocycles. The summed E-state index contributed by atoms with van der Waals surface area (Å²) >= 11 is 0. The van der Waals surface area contributed by atoms with Gasteiger partial charge in [-0.1, -0.05) is 24.3 Å². The molecule has 3 aromatic rings. The van der Waals surface area contributed by atoms with E-state index in [0.717, 1.165) is 28.4 Å². The third-order valence-electron chi connectivity index (χ3n) is 3.81. The van der Waals surface area contributed by atoms with Crippen LogP contribution in [0.25, 0.3) is 27.9 Å². The fourth-order valence-corrected chi connectivity index (χ4v) is 2.83. The Morgan fingerprint density at radius 1 is 1.23 bits per heavy atom. The van der Waals surface area contributed by atoms with Crippen LogP contribution in [0.4, 0.5) is 0 Å². The predicted octanol–water partition coefficient (Wildman–Crippen LogP) is 3.21. The Balaban J connectivity index is 2.29. The molecule has 4 nitrogen and oxygen atoms in total. The minimum atomic E-state index is -0.710. The number of nitriles is 1. The van der Waals surface area contributed by atoms with Crippen LogP contribution in [0.3, 0.4) is 0 Å². The van der Waals surface area contributed by atoms with Crippen LogP contribution in [-0.2, 0) is 11.3 Å². The van der Waals surface area contributed by atoms with E-state index in [0.29, 0.717) is 0 Å². The summed E-state index contributed by atoms with van der Waals surface area (Å²) in [6.07, 6.45) is 1.53. The molecule has 2 aromatic carbocycles. The largest absolute Gasteiger partial charge is 0.365 e. The Morgan fingerprint density at radius 2 is 1.95 bits per heavy atom. The number of hydrogen-bond donors (Lipinski definition) is 1. The van der Waals surface area contributed by atoms with Gasteiger partial charge in [0, 0.05) is 28.4 Å². The number of nitrogens with two attached hydrogens (primary N) is 1. The van der Waals surface area contributed by atoms with Crippen LogP contribution in [0.2, 0.25) is 0 Å².